The van der Waals surface area contributed by atoms with E-state index in [0.29, 0.717) is 23.4 Å². The second-order valence-corrected chi connectivity index (χ2v) is 6.87. The SMILES string of the molecule is C=C1c2c(-c3ccc(OF)cc3)c3c(N)ncnc3n2CC1NC(=O)I. The number of halogens is 2. The smallest absolute Gasteiger partial charge is 0.281 e. The van der Waals surface area contributed by atoms with Gasteiger partial charge < -0.3 is 15.6 Å². The number of benzene rings is 1. The average Bonchev–Trinajstić information content (AvgIpc) is 3.11. The van der Waals surface area contributed by atoms with Crippen LogP contribution in [0, 0.1) is 0 Å². The number of nitrogens with two attached hydrogens (primary N) is 1. The van der Waals surface area contributed by atoms with Crippen LogP contribution in [0.15, 0.2) is 37.2 Å². The highest BCUT2D eigenvalue weighted by molar-refractivity contribution is 14.1. The van der Waals surface area contributed by atoms with Crippen molar-refractivity contribution in [3.63, 3.8) is 0 Å². The molecule has 0 saturated carbocycles. The number of rotatable bonds is 3. The number of carbonyl (C=O) groups excluding carboxylic acids is 1. The van der Waals surface area contributed by atoms with Crippen LogP contribution in [0.25, 0.3) is 27.7 Å². The number of hydrogen-bond acceptors (Lipinski definition) is 5. The molecule has 0 fully saturated rings. The zero-order chi connectivity index (χ0) is 18.4. The number of carbonyl (C=O) groups is 1. The van der Waals surface area contributed by atoms with Gasteiger partial charge in [0.1, 0.15) is 17.8 Å². The average molecular weight is 465 g/mol. The molecule has 3 N–H and O–H groups in total. The molecule has 4 rings (SSSR count). The largest absolute Gasteiger partial charge is 0.383 e. The molecule has 0 aliphatic carbocycles. The Morgan fingerprint density at radius 1 is 1.38 bits per heavy atom. The van der Waals surface area contributed by atoms with Crippen LogP contribution in [-0.2, 0) is 6.54 Å². The summed E-state index contributed by atoms with van der Waals surface area (Å²) in [6, 6.07) is 6.27. The van der Waals surface area contributed by atoms with Gasteiger partial charge in [-0.1, -0.05) is 18.7 Å². The van der Waals surface area contributed by atoms with Crippen LogP contribution in [0.5, 0.6) is 5.75 Å². The van der Waals surface area contributed by atoms with Crippen molar-refractivity contribution in [1.82, 2.24) is 19.9 Å². The van der Waals surface area contributed by atoms with Gasteiger partial charge in [-0.3, -0.25) is 9.74 Å². The van der Waals surface area contributed by atoms with Gasteiger partial charge in [0.25, 0.3) is 3.91 Å². The lowest BCUT2D eigenvalue weighted by molar-refractivity contribution is -0.00618. The lowest BCUT2D eigenvalue weighted by Gasteiger charge is -2.12. The molecular formula is C17H13FIN5O2. The van der Waals surface area contributed by atoms with E-state index in [1.165, 1.54) is 18.5 Å². The number of aromatic nitrogens is 3. The first-order valence-electron chi connectivity index (χ1n) is 7.68. The molecule has 0 saturated heterocycles. The standard InChI is InChI=1S/C17H13FIN5O2/c1-8-11(23-17(19)25)6-24-14(8)12(9-2-4-10(26-18)5-3-9)13-15(20)21-7-22-16(13)24/h2-5,7,11H,1,6H2,(H,23,25)(H2,20,21,22). The Labute approximate surface area is 161 Å². The maximum atomic E-state index is 12.4. The van der Waals surface area contributed by atoms with Gasteiger partial charge in [-0.15, -0.1) is 0 Å². The summed E-state index contributed by atoms with van der Waals surface area (Å²) in [5.74, 6) is 0.451. The summed E-state index contributed by atoms with van der Waals surface area (Å²) in [5.41, 5.74) is 9.98. The summed E-state index contributed by atoms with van der Waals surface area (Å²) in [6.07, 6.45) is 1.40. The second-order valence-electron chi connectivity index (χ2n) is 5.89. The van der Waals surface area contributed by atoms with Gasteiger partial charge in [0.15, 0.2) is 5.75 Å². The number of anilines is 1. The highest BCUT2D eigenvalue weighted by atomic mass is 127. The van der Waals surface area contributed by atoms with Crippen LogP contribution >= 0.6 is 22.6 Å². The van der Waals surface area contributed by atoms with E-state index in [0.717, 1.165) is 22.4 Å². The van der Waals surface area contributed by atoms with Crippen molar-refractivity contribution in [1.29, 1.82) is 0 Å². The van der Waals surface area contributed by atoms with Crippen molar-refractivity contribution in [2.45, 2.75) is 12.6 Å². The van der Waals surface area contributed by atoms with Gasteiger partial charge in [-0.2, -0.15) is 0 Å². The Hall–Kier alpha value is -2.69. The Balaban J connectivity index is 1.96. The van der Waals surface area contributed by atoms with E-state index in [9.17, 15) is 9.32 Å². The lowest BCUT2D eigenvalue weighted by atomic mass is 9.98. The Morgan fingerprint density at radius 2 is 2.12 bits per heavy atom. The summed E-state index contributed by atoms with van der Waals surface area (Å²) in [5, 5.41) is 3.59. The summed E-state index contributed by atoms with van der Waals surface area (Å²) in [7, 11) is 0. The number of hydrogen-bond donors (Lipinski definition) is 2. The fraction of sp³-hybridized carbons (Fsp3) is 0.118. The highest BCUT2D eigenvalue weighted by Gasteiger charge is 2.33. The number of nitrogens with zero attached hydrogens (tertiary/aromatic N) is 3. The van der Waals surface area contributed by atoms with Crippen molar-refractivity contribution in [3.05, 3.63) is 42.9 Å². The molecule has 7 nitrogen and oxygen atoms in total. The number of fused-ring (bicyclic) bond motifs is 3. The Kier molecular flexibility index (Phi) is 4.02. The van der Waals surface area contributed by atoms with Crippen LogP contribution in [-0.4, -0.2) is 24.5 Å². The van der Waals surface area contributed by atoms with Crippen LogP contribution in [0.1, 0.15) is 5.69 Å². The van der Waals surface area contributed by atoms with E-state index in [2.05, 4.69) is 26.8 Å². The van der Waals surface area contributed by atoms with Gasteiger partial charge in [0.2, 0.25) is 0 Å². The van der Waals surface area contributed by atoms with Crippen LogP contribution in [0.4, 0.5) is 15.1 Å². The fourth-order valence-corrected chi connectivity index (χ4v) is 3.76. The molecule has 1 aliphatic heterocycles. The number of amides is 1. The zero-order valence-corrected chi connectivity index (χ0v) is 15.5. The van der Waals surface area contributed by atoms with Gasteiger partial charge in [-0.25, -0.2) is 9.97 Å². The van der Waals surface area contributed by atoms with Gasteiger partial charge in [0.05, 0.1) is 17.1 Å². The van der Waals surface area contributed by atoms with Gasteiger partial charge >= 0.3 is 0 Å². The number of nitrogen functional groups attached to an aromatic ring is 1. The minimum absolute atomic E-state index is 0.104. The van der Waals surface area contributed by atoms with E-state index in [1.54, 1.807) is 34.7 Å². The molecule has 1 atom stereocenters. The molecule has 0 spiro atoms. The van der Waals surface area contributed by atoms with Crippen LogP contribution in [0.3, 0.4) is 0 Å². The van der Waals surface area contributed by atoms with Crippen molar-refractivity contribution in [3.8, 4) is 16.9 Å². The highest BCUT2D eigenvalue weighted by Crippen LogP contribution is 2.44. The maximum absolute atomic E-state index is 12.4. The van der Waals surface area contributed by atoms with E-state index >= 15 is 0 Å². The molecule has 0 radical (unpaired) electrons. The van der Waals surface area contributed by atoms with Crippen molar-refractivity contribution < 1.29 is 14.3 Å². The predicted octanol–water partition coefficient (Wildman–Crippen LogP) is 3.48. The lowest BCUT2D eigenvalue weighted by Crippen LogP contribution is -2.31. The molecule has 1 amide bonds. The second kappa shape index (κ2) is 6.24. The van der Waals surface area contributed by atoms with Crippen molar-refractivity contribution in [2.24, 2.45) is 0 Å². The van der Waals surface area contributed by atoms with Crippen molar-refractivity contribution in [2.75, 3.05) is 5.73 Å². The molecule has 0 bridgehead atoms. The molecule has 1 aliphatic rings. The van der Waals surface area contributed by atoms with Crippen LogP contribution in [0.2, 0.25) is 0 Å². The molecule has 3 aromatic rings. The summed E-state index contributed by atoms with van der Waals surface area (Å²) in [6.45, 7) is 4.66. The van der Waals surface area contributed by atoms with E-state index in [4.69, 9.17) is 5.73 Å². The molecule has 9 heteroatoms. The minimum atomic E-state index is -0.234. The van der Waals surface area contributed by atoms with E-state index in [1.807, 2.05) is 4.57 Å². The van der Waals surface area contributed by atoms with E-state index in [-0.39, 0.29) is 15.7 Å². The van der Waals surface area contributed by atoms with Gasteiger partial charge in [-0.05, 0) is 23.3 Å². The third-order valence-corrected chi connectivity index (χ3v) is 4.79. The van der Waals surface area contributed by atoms with Crippen LogP contribution < -0.4 is 16.0 Å². The van der Waals surface area contributed by atoms with Gasteiger partial charge in [0, 0.05) is 39.2 Å². The fourth-order valence-electron chi connectivity index (χ4n) is 3.39. The minimum Gasteiger partial charge on any atom is -0.383 e. The van der Waals surface area contributed by atoms with Crippen molar-refractivity contribution >= 4 is 48.9 Å². The first-order chi connectivity index (χ1) is 12.5. The monoisotopic (exact) mass is 465 g/mol. The summed E-state index contributed by atoms with van der Waals surface area (Å²) < 4.78 is 14.2. The molecule has 1 aromatic carbocycles. The molecule has 26 heavy (non-hydrogen) atoms. The third-order valence-electron chi connectivity index (χ3n) is 4.48. The van der Waals surface area contributed by atoms with E-state index < -0.39 is 0 Å². The quantitative estimate of drug-likeness (QED) is 0.351. The molecule has 1 unspecified atom stereocenters. The topological polar surface area (TPSA) is 95.1 Å². The zero-order valence-electron chi connectivity index (χ0n) is 13.4. The molecular weight excluding hydrogens is 452 g/mol. The normalized spacial score (nSPS) is 15.9. The first-order valence-corrected chi connectivity index (χ1v) is 8.76. The molecule has 3 heterocycles. The Morgan fingerprint density at radius 3 is 2.77 bits per heavy atom. The number of nitrogens with one attached hydrogen (secondary N) is 1. The molecule has 2 aromatic heterocycles. The summed E-state index contributed by atoms with van der Waals surface area (Å²) >= 11 is 1.70. The maximum Gasteiger partial charge on any atom is 0.281 e. The Bertz CT molecular complexity index is 1050. The summed E-state index contributed by atoms with van der Waals surface area (Å²) in [4.78, 5) is 23.7. The predicted molar refractivity (Wildman–Crippen MR) is 104 cm³/mol. The first kappa shape index (κ1) is 16.8. The third kappa shape index (κ3) is 2.50. The molecule has 132 valence electrons.